The van der Waals surface area contributed by atoms with Crippen LogP contribution in [0.15, 0.2) is 18.6 Å². The van der Waals surface area contributed by atoms with Crippen molar-refractivity contribution < 1.29 is 9.59 Å². The first kappa shape index (κ1) is 12.4. The summed E-state index contributed by atoms with van der Waals surface area (Å²) in [5.74, 6) is -0.0335. The number of aromatic nitrogens is 3. The number of piperazine rings is 1. The highest BCUT2D eigenvalue weighted by molar-refractivity contribution is 6.07. The molecule has 104 valence electrons. The smallest absolute Gasteiger partial charge is 0.251 e. The molecule has 1 aliphatic rings. The van der Waals surface area contributed by atoms with Gasteiger partial charge in [-0.05, 0) is 13.8 Å². The van der Waals surface area contributed by atoms with E-state index in [0.29, 0.717) is 17.3 Å². The first-order chi connectivity index (χ1) is 9.39. The number of nitrogen functional groups attached to an aromatic ring is 1. The summed E-state index contributed by atoms with van der Waals surface area (Å²) in [7, 11) is 0. The van der Waals surface area contributed by atoms with Crippen LogP contribution in [0.25, 0.3) is 5.65 Å². The molecule has 8 heteroatoms. The lowest BCUT2D eigenvalue weighted by atomic mass is 9.99. The van der Waals surface area contributed by atoms with Gasteiger partial charge in [-0.15, -0.1) is 0 Å². The molecule has 0 saturated carbocycles. The zero-order valence-corrected chi connectivity index (χ0v) is 11.1. The third-order valence-electron chi connectivity index (χ3n) is 3.42. The number of imidazole rings is 1. The number of hydrogen-bond acceptors (Lipinski definition) is 6. The molecular formula is C12H14N6O2. The Morgan fingerprint density at radius 3 is 2.90 bits per heavy atom. The van der Waals surface area contributed by atoms with Crippen molar-refractivity contribution in [3.63, 3.8) is 0 Å². The predicted molar refractivity (Wildman–Crippen MR) is 72.0 cm³/mol. The number of nitrogens with one attached hydrogen (secondary N) is 1. The Hall–Kier alpha value is -2.64. The Labute approximate surface area is 114 Å². The minimum Gasteiger partial charge on any atom is -0.382 e. The normalized spacial score (nSPS) is 18.4. The Balaban J connectivity index is 2.20. The number of nitrogens with zero attached hydrogens (tertiary/aromatic N) is 4. The third kappa shape index (κ3) is 1.68. The van der Waals surface area contributed by atoms with Crippen LogP contribution in [-0.2, 0) is 9.59 Å². The number of fused-ring (bicyclic) bond motifs is 1. The van der Waals surface area contributed by atoms with Gasteiger partial charge < -0.3 is 15.0 Å². The van der Waals surface area contributed by atoms with Gasteiger partial charge in [0, 0.05) is 12.4 Å². The van der Waals surface area contributed by atoms with Crippen LogP contribution in [-0.4, -0.2) is 38.3 Å². The van der Waals surface area contributed by atoms with E-state index in [1.807, 2.05) is 0 Å². The fourth-order valence-electron chi connectivity index (χ4n) is 2.24. The monoisotopic (exact) mass is 274 g/mol. The molecule has 2 aromatic rings. The van der Waals surface area contributed by atoms with E-state index >= 15 is 0 Å². The zero-order valence-electron chi connectivity index (χ0n) is 11.1. The van der Waals surface area contributed by atoms with Crippen molar-refractivity contribution in [1.82, 2.24) is 19.7 Å². The zero-order chi connectivity index (χ0) is 14.5. The van der Waals surface area contributed by atoms with Gasteiger partial charge in [0.05, 0.1) is 12.7 Å². The third-order valence-corrected chi connectivity index (χ3v) is 3.42. The molecule has 2 aromatic heterocycles. The van der Waals surface area contributed by atoms with Gasteiger partial charge in [0.15, 0.2) is 11.5 Å². The van der Waals surface area contributed by atoms with Crippen LogP contribution < -0.4 is 16.0 Å². The van der Waals surface area contributed by atoms with Crippen LogP contribution in [0.2, 0.25) is 0 Å². The highest BCUT2D eigenvalue weighted by Gasteiger charge is 2.42. The molecule has 1 saturated heterocycles. The summed E-state index contributed by atoms with van der Waals surface area (Å²) in [6.45, 7) is 3.47. The minimum absolute atomic E-state index is 0.0255. The second-order valence-corrected chi connectivity index (χ2v) is 5.17. The van der Waals surface area contributed by atoms with Gasteiger partial charge in [0.1, 0.15) is 11.4 Å². The van der Waals surface area contributed by atoms with E-state index in [1.54, 1.807) is 41.7 Å². The largest absolute Gasteiger partial charge is 0.382 e. The topological polar surface area (TPSA) is 106 Å². The highest BCUT2D eigenvalue weighted by Crippen LogP contribution is 2.28. The Bertz CT molecular complexity index is 720. The van der Waals surface area contributed by atoms with Gasteiger partial charge >= 0.3 is 0 Å². The molecule has 0 aromatic carbocycles. The average Bonchev–Trinajstić information content (AvgIpc) is 2.81. The van der Waals surface area contributed by atoms with Crippen molar-refractivity contribution >= 4 is 29.1 Å². The maximum Gasteiger partial charge on any atom is 0.251 e. The number of rotatable bonds is 1. The Morgan fingerprint density at radius 2 is 2.15 bits per heavy atom. The van der Waals surface area contributed by atoms with Crippen LogP contribution in [0, 0.1) is 0 Å². The highest BCUT2D eigenvalue weighted by atomic mass is 16.2. The molecule has 3 N–H and O–H groups in total. The second-order valence-electron chi connectivity index (χ2n) is 5.17. The van der Waals surface area contributed by atoms with Crippen LogP contribution >= 0.6 is 0 Å². The number of anilines is 2. The molecule has 0 aliphatic carbocycles. The van der Waals surface area contributed by atoms with Gasteiger partial charge in [-0.2, -0.15) is 0 Å². The molecule has 3 rings (SSSR count). The van der Waals surface area contributed by atoms with Crippen LogP contribution in [0.4, 0.5) is 11.6 Å². The van der Waals surface area contributed by atoms with E-state index in [-0.39, 0.29) is 18.4 Å². The standard InChI is InChI=1S/C12H14N6O2/c1-12(2)11(20)16-8(19)6-18(12)10-9-14-3-4-17(9)5-7(13)15-10/h3-5H,6,13H2,1-2H3,(H,16,19,20). The molecule has 1 aliphatic heterocycles. The molecule has 2 amide bonds. The molecule has 0 unspecified atom stereocenters. The van der Waals surface area contributed by atoms with Crippen LogP contribution in [0.3, 0.4) is 0 Å². The van der Waals surface area contributed by atoms with Crippen molar-refractivity contribution in [2.75, 3.05) is 17.2 Å². The minimum atomic E-state index is -0.916. The predicted octanol–water partition coefficient (Wildman–Crippen LogP) is -0.447. The lowest BCUT2D eigenvalue weighted by Crippen LogP contribution is -2.64. The van der Waals surface area contributed by atoms with Gasteiger partial charge in [0.25, 0.3) is 5.91 Å². The van der Waals surface area contributed by atoms with Gasteiger partial charge in [-0.25, -0.2) is 9.97 Å². The second kappa shape index (κ2) is 3.92. The summed E-state index contributed by atoms with van der Waals surface area (Å²) >= 11 is 0. The van der Waals surface area contributed by atoms with E-state index in [1.165, 1.54) is 0 Å². The van der Waals surface area contributed by atoms with Crippen LogP contribution in [0.1, 0.15) is 13.8 Å². The van der Waals surface area contributed by atoms with Crippen molar-refractivity contribution in [3.8, 4) is 0 Å². The molecule has 0 radical (unpaired) electrons. The number of carbonyl (C=O) groups is 2. The van der Waals surface area contributed by atoms with E-state index < -0.39 is 5.54 Å². The molecule has 0 spiro atoms. The first-order valence-corrected chi connectivity index (χ1v) is 6.10. The lowest BCUT2D eigenvalue weighted by Gasteiger charge is -2.40. The molecule has 1 fully saturated rings. The molecule has 3 heterocycles. The fourth-order valence-corrected chi connectivity index (χ4v) is 2.24. The number of hydrogen-bond donors (Lipinski definition) is 2. The summed E-state index contributed by atoms with van der Waals surface area (Å²) in [6, 6.07) is 0. The van der Waals surface area contributed by atoms with E-state index in [0.717, 1.165) is 0 Å². The fraction of sp³-hybridized carbons (Fsp3) is 0.333. The van der Waals surface area contributed by atoms with Gasteiger partial charge in [0.2, 0.25) is 5.91 Å². The molecule has 0 bridgehead atoms. The van der Waals surface area contributed by atoms with Crippen molar-refractivity contribution in [2.45, 2.75) is 19.4 Å². The Kier molecular flexibility index (Phi) is 2.43. The quantitative estimate of drug-likeness (QED) is 0.682. The number of amides is 2. The molecule has 8 nitrogen and oxygen atoms in total. The number of carbonyl (C=O) groups excluding carboxylic acids is 2. The summed E-state index contributed by atoms with van der Waals surface area (Å²) in [4.78, 5) is 33.7. The van der Waals surface area contributed by atoms with Crippen LogP contribution in [0.5, 0.6) is 0 Å². The summed E-state index contributed by atoms with van der Waals surface area (Å²) in [6.07, 6.45) is 4.97. The maximum atomic E-state index is 12.0. The molecule has 0 atom stereocenters. The van der Waals surface area contributed by atoms with Crippen molar-refractivity contribution in [3.05, 3.63) is 18.6 Å². The number of nitrogens with two attached hydrogens (primary N) is 1. The van der Waals surface area contributed by atoms with E-state index in [2.05, 4.69) is 15.3 Å². The van der Waals surface area contributed by atoms with E-state index in [9.17, 15) is 9.59 Å². The summed E-state index contributed by atoms with van der Waals surface area (Å²) in [5.41, 5.74) is 5.41. The van der Waals surface area contributed by atoms with Gasteiger partial charge in [-0.1, -0.05) is 0 Å². The first-order valence-electron chi connectivity index (χ1n) is 6.10. The van der Waals surface area contributed by atoms with Crippen molar-refractivity contribution in [1.29, 1.82) is 0 Å². The summed E-state index contributed by atoms with van der Waals surface area (Å²) in [5, 5.41) is 2.32. The van der Waals surface area contributed by atoms with Gasteiger partial charge in [-0.3, -0.25) is 14.9 Å². The molecule has 20 heavy (non-hydrogen) atoms. The van der Waals surface area contributed by atoms with E-state index in [4.69, 9.17) is 5.73 Å². The average molecular weight is 274 g/mol. The summed E-state index contributed by atoms with van der Waals surface area (Å²) < 4.78 is 1.71. The van der Waals surface area contributed by atoms with Crippen molar-refractivity contribution in [2.24, 2.45) is 0 Å². The molecular weight excluding hydrogens is 260 g/mol. The Morgan fingerprint density at radius 1 is 1.40 bits per heavy atom. The lowest BCUT2D eigenvalue weighted by molar-refractivity contribution is -0.135. The number of imide groups is 1. The SMILES string of the molecule is CC1(C)C(=O)NC(=O)CN1c1nc(N)cn2ccnc12. The maximum absolute atomic E-state index is 12.0.